The quantitative estimate of drug-likeness (QED) is 0.797. The Morgan fingerprint density at radius 2 is 2.16 bits per heavy atom. The van der Waals surface area contributed by atoms with Crippen molar-refractivity contribution in [1.82, 2.24) is 0 Å². The fraction of sp³-hybridized carbons (Fsp3) is 0.462. The van der Waals surface area contributed by atoms with Crippen molar-refractivity contribution < 1.29 is 14.6 Å². The van der Waals surface area contributed by atoms with Crippen molar-refractivity contribution in [2.24, 2.45) is 5.73 Å². The topological polar surface area (TPSA) is 84.6 Å². The summed E-state index contributed by atoms with van der Waals surface area (Å²) < 4.78 is 5.12. The molecule has 0 aliphatic carbocycles. The van der Waals surface area contributed by atoms with E-state index in [1.807, 2.05) is 0 Å². The summed E-state index contributed by atoms with van der Waals surface area (Å²) in [4.78, 5) is 11.6. The molecule has 1 aromatic carbocycles. The van der Waals surface area contributed by atoms with E-state index in [2.05, 4.69) is 5.32 Å². The van der Waals surface area contributed by atoms with Crippen LogP contribution in [-0.4, -0.2) is 23.4 Å². The van der Waals surface area contributed by atoms with Crippen LogP contribution in [0.2, 0.25) is 5.02 Å². The molecule has 0 aliphatic heterocycles. The second kappa shape index (κ2) is 6.23. The van der Waals surface area contributed by atoms with Crippen LogP contribution in [0.4, 0.5) is 10.5 Å². The molecule has 0 radical (unpaired) electrons. The number of nitrogens with one attached hydrogen (secondary N) is 1. The van der Waals surface area contributed by atoms with E-state index < -0.39 is 17.7 Å². The Morgan fingerprint density at radius 3 is 2.63 bits per heavy atom. The van der Waals surface area contributed by atoms with E-state index in [1.165, 1.54) is 0 Å². The number of hydrogen-bond donors (Lipinski definition) is 3. The van der Waals surface area contributed by atoms with E-state index in [4.69, 9.17) is 27.2 Å². The standard InChI is InChI=1S/C13H19ClN2O3/c1-13(2,3)19-12(18)16-11-5-4-8(6-9(11)14)10(15)7-17/h4-6,10,17H,7,15H2,1-3H3,(H,16,18). The second-order valence-corrected chi connectivity index (χ2v) is 5.56. The predicted molar refractivity (Wildman–Crippen MR) is 75.3 cm³/mol. The normalized spacial score (nSPS) is 12.9. The van der Waals surface area contributed by atoms with Crippen LogP contribution in [0.25, 0.3) is 0 Å². The van der Waals surface area contributed by atoms with Crippen molar-refractivity contribution in [2.45, 2.75) is 32.4 Å². The Kier molecular flexibility index (Phi) is 5.17. The zero-order chi connectivity index (χ0) is 14.6. The number of carbonyl (C=O) groups is 1. The predicted octanol–water partition coefficient (Wildman–Crippen LogP) is 2.68. The number of ether oxygens (including phenoxy) is 1. The fourth-order valence-corrected chi connectivity index (χ4v) is 1.62. The highest BCUT2D eigenvalue weighted by atomic mass is 35.5. The molecule has 1 aromatic rings. The van der Waals surface area contributed by atoms with Crippen LogP contribution < -0.4 is 11.1 Å². The third-order valence-corrected chi connectivity index (χ3v) is 2.57. The fourth-order valence-electron chi connectivity index (χ4n) is 1.38. The molecule has 6 heteroatoms. The first-order valence-corrected chi connectivity index (χ1v) is 6.26. The molecule has 1 atom stereocenters. The van der Waals surface area contributed by atoms with Gasteiger partial charge in [-0.2, -0.15) is 0 Å². The number of amides is 1. The van der Waals surface area contributed by atoms with Gasteiger partial charge >= 0.3 is 6.09 Å². The first kappa shape index (κ1) is 15.8. The molecule has 5 nitrogen and oxygen atoms in total. The van der Waals surface area contributed by atoms with Crippen LogP contribution in [0.5, 0.6) is 0 Å². The highest BCUT2D eigenvalue weighted by molar-refractivity contribution is 6.33. The lowest BCUT2D eigenvalue weighted by Crippen LogP contribution is -2.27. The maximum atomic E-state index is 11.6. The molecule has 1 rings (SSSR count). The maximum absolute atomic E-state index is 11.6. The molecule has 0 saturated carbocycles. The number of carbonyl (C=O) groups excluding carboxylic acids is 1. The third kappa shape index (κ3) is 5.06. The summed E-state index contributed by atoms with van der Waals surface area (Å²) in [6.07, 6.45) is -0.575. The summed E-state index contributed by atoms with van der Waals surface area (Å²) in [5, 5.41) is 11.9. The summed E-state index contributed by atoms with van der Waals surface area (Å²) in [5.74, 6) is 0. The van der Waals surface area contributed by atoms with Crippen molar-refractivity contribution in [3.63, 3.8) is 0 Å². The molecule has 106 valence electrons. The number of halogens is 1. The maximum Gasteiger partial charge on any atom is 0.412 e. The van der Waals surface area contributed by atoms with E-state index in [0.29, 0.717) is 16.3 Å². The van der Waals surface area contributed by atoms with Gasteiger partial charge in [0.15, 0.2) is 0 Å². The largest absolute Gasteiger partial charge is 0.444 e. The molecule has 0 aromatic heterocycles. The van der Waals surface area contributed by atoms with Gasteiger partial charge in [-0.1, -0.05) is 17.7 Å². The van der Waals surface area contributed by atoms with Gasteiger partial charge in [0, 0.05) is 0 Å². The zero-order valence-corrected chi connectivity index (χ0v) is 12.0. The highest BCUT2D eigenvalue weighted by Crippen LogP contribution is 2.25. The van der Waals surface area contributed by atoms with E-state index in [-0.39, 0.29) is 6.61 Å². The summed E-state index contributed by atoms with van der Waals surface area (Å²) in [6.45, 7) is 5.15. The molecule has 0 fully saturated rings. The molecular weight excluding hydrogens is 268 g/mol. The number of benzene rings is 1. The molecule has 0 saturated heterocycles. The molecule has 0 heterocycles. The van der Waals surface area contributed by atoms with Crippen molar-refractivity contribution in [3.05, 3.63) is 28.8 Å². The average Bonchev–Trinajstić information content (AvgIpc) is 2.28. The van der Waals surface area contributed by atoms with Crippen molar-refractivity contribution in [1.29, 1.82) is 0 Å². The third-order valence-electron chi connectivity index (χ3n) is 2.25. The van der Waals surface area contributed by atoms with E-state index in [9.17, 15) is 4.79 Å². The summed E-state index contributed by atoms with van der Waals surface area (Å²) in [6, 6.07) is 4.43. The minimum atomic E-state index is -0.575. The zero-order valence-electron chi connectivity index (χ0n) is 11.2. The molecular formula is C13H19ClN2O3. The van der Waals surface area contributed by atoms with Gasteiger partial charge in [-0.05, 0) is 38.5 Å². The van der Waals surface area contributed by atoms with Crippen molar-refractivity contribution in [3.8, 4) is 0 Å². The Bertz CT molecular complexity index is 458. The van der Waals surface area contributed by atoms with Crippen LogP contribution in [0.1, 0.15) is 32.4 Å². The molecule has 0 aliphatic rings. The molecule has 4 N–H and O–H groups in total. The first-order valence-electron chi connectivity index (χ1n) is 5.89. The number of anilines is 1. The highest BCUT2D eigenvalue weighted by Gasteiger charge is 2.17. The molecule has 0 bridgehead atoms. The summed E-state index contributed by atoms with van der Waals surface area (Å²) in [5.41, 5.74) is 6.23. The van der Waals surface area contributed by atoms with E-state index in [0.717, 1.165) is 0 Å². The number of hydrogen-bond acceptors (Lipinski definition) is 4. The van der Waals surface area contributed by atoms with Gasteiger partial charge in [-0.25, -0.2) is 4.79 Å². The lowest BCUT2D eigenvalue weighted by atomic mass is 10.1. The van der Waals surface area contributed by atoms with Gasteiger partial charge in [0.25, 0.3) is 0 Å². The Labute approximate surface area is 117 Å². The number of aliphatic hydroxyl groups is 1. The molecule has 19 heavy (non-hydrogen) atoms. The number of aliphatic hydroxyl groups excluding tert-OH is 1. The minimum absolute atomic E-state index is 0.171. The molecule has 0 spiro atoms. The SMILES string of the molecule is CC(C)(C)OC(=O)Nc1ccc(C(N)CO)cc1Cl. The smallest absolute Gasteiger partial charge is 0.412 e. The Hall–Kier alpha value is -1.30. The first-order chi connectivity index (χ1) is 8.73. The van der Waals surface area contributed by atoms with Crippen LogP contribution >= 0.6 is 11.6 Å². The van der Waals surface area contributed by atoms with Crippen LogP contribution in [0.15, 0.2) is 18.2 Å². The van der Waals surface area contributed by atoms with Gasteiger partial charge < -0.3 is 15.6 Å². The monoisotopic (exact) mass is 286 g/mol. The van der Waals surface area contributed by atoms with Gasteiger partial charge in [0.1, 0.15) is 5.60 Å². The van der Waals surface area contributed by atoms with Crippen molar-refractivity contribution in [2.75, 3.05) is 11.9 Å². The van der Waals surface area contributed by atoms with Crippen LogP contribution in [0, 0.1) is 0 Å². The van der Waals surface area contributed by atoms with Gasteiger partial charge in [-0.3, -0.25) is 5.32 Å². The van der Waals surface area contributed by atoms with Gasteiger partial charge in [0.2, 0.25) is 0 Å². The molecule has 1 unspecified atom stereocenters. The van der Waals surface area contributed by atoms with Gasteiger partial charge in [-0.15, -0.1) is 0 Å². The summed E-state index contributed by atoms with van der Waals surface area (Å²) >= 11 is 6.04. The lowest BCUT2D eigenvalue weighted by Gasteiger charge is -2.20. The van der Waals surface area contributed by atoms with Crippen LogP contribution in [-0.2, 0) is 4.74 Å². The second-order valence-electron chi connectivity index (χ2n) is 5.16. The van der Waals surface area contributed by atoms with Gasteiger partial charge in [0.05, 0.1) is 23.4 Å². The van der Waals surface area contributed by atoms with E-state index in [1.54, 1.807) is 39.0 Å². The average molecular weight is 287 g/mol. The van der Waals surface area contributed by atoms with Crippen LogP contribution in [0.3, 0.4) is 0 Å². The Balaban J connectivity index is 2.78. The number of rotatable bonds is 3. The Morgan fingerprint density at radius 1 is 1.53 bits per heavy atom. The summed E-state index contributed by atoms with van der Waals surface area (Å²) in [7, 11) is 0. The lowest BCUT2D eigenvalue weighted by molar-refractivity contribution is 0.0636. The van der Waals surface area contributed by atoms with Crippen molar-refractivity contribution >= 4 is 23.4 Å². The number of nitrogens with two attached hydrogens (primary N) is 1. The van der Waals surface area contributed by atoms with E-state index >= 15 is 0 Å². The molecule has 1 amide bonds. The minimum Gasteiger partial charge on any atom is -0.444 e.